The summed E-state index contributed by atoms with van der Waals surface area (Å²) in [5, 5.41) is 12.3. The van der Waals surface area contributed by atoms with Crippen molar-refractivity contribution in [2.75, 3.05) is 19.6 Å². The third-order valence-corrected chi connectivity index (χ3v) is 4.91. The summed E-state index contributed by atoms with van der Waals surface area (Å²) in [7, 11) is 0. The highest BCUT2D eigenvalue weighted by atomic mass is 32.1. The summed E-state index contributed by atoms with van der Waals surface area (Å²) in [5.41, 5.74) is 0. The second kappa shape index (κ2) is 8.36. The molecule has 130 valence electrons. The van der Waals surface area contributed by atoms with E-state index in [1.165, 1.54) is 4.88 Å². The van der Waals surface area contributed by atoms with Crippen LogP contribution >= 0.6 is 11.3 Å². The fourth-order valence-electron chi connectivity index (χ4n) is 2.87. The first-order chi connectivity index (χ1) is 11.7. The van der Waals surface area contributed by atoms with Crippen molar-refractivity contribution in [2.24, 2.45) is 0 Å². The molecular weight excluding hydrogens is 326 g/mol. The molecule has 1 unspecified atom stereocenters. The lowest BCUT2D eigenvalue weighted by Crippen LogP contribution is -2.48. The number of nitrogens with one attached hydrogen (secondary N) is 2. The highest BCUT2D eigenvalue weighted by Gasteiger charge is 2.21. The number of likely N-dealkylation sites (tertiary alicyclic amines) is 1. The van der Waals surface area contributed by atoms with E-state index in [9.17, 15) is 4.79 Å². The molecule has 1 fully saturated rings. The first kappa shape index (κ1) is 17.1. The van der Waals surface area contributed by atoms with E-state index in [0.717, 1.165) is 31.8 Å². The molecule has 3 rings (SSSR count). The van der Waals surface area contributed by atoms with Crippen LogP contribution < -0.4 is 10.6 Å². The Hall–Kier alpha value is -1.77. The van der Waals surface area contributed by atoms with Crippen molar-refractivity contribution >= 4 is 17.2 Å². The second-order valence-corrected chi connectivity index (χ2v) is 7.07. The molecule has 1 aliphatic rings. The second-order valence-electron chi connectivity index (χ2n) is 6.04. The Kier molecular flexibility index (Phi) is 5.95. The predicted molar refractivity (Wildman–Crippen MR) is 91.5 cm³/mol. The van der Waals surface area contributed by atoms with Crippen molar-refractivity contribution in [3.05, 3.63) is 34.1 Å². The lowest BCUT2D eigenvalue weighted by atomic mass is 10.1. The Balaban J connectivity index is 1.37. The van der Waals surface area contributed by atoms with Crippen molar-refractivity contribution in [1.29, 1.82) is 0 Å². The normalized spacial score (nSPS) is 18.6. The zero-order valence-corrected chi connectivity index (χ0v) is 14.6. The van der Waals surface area contributed by atoms with E-state index >= 15 is 0 Å². The Labute approximate surface area is 145 Å². The molecule has 1 aliphatic heterocycles. The maximum Gasteiger partial charge on any atom is 0.234 e. The number of amides is 1. The van der Waals surface area contributed by atoms with Gasteiger partial charge in [-0.15, -0.1) is 11.3 Å². The topological polar surface area (TPSA) is 83.3 Å². The molecule has 1 saturated heterocycles. The van der Waals surface area contributed by atoms with E-state index in [1.54, 1.807) is 18.3 Å². The number of carbonyl (C=O) groups excluding carboxylic acids is 1. The Morgan fingerprint density at radius 3 is 3.21 bits per heavy atom. The van der Waals surface area contributed by atoms with E-state index in [2.05, 4.69) is 25.7 Å². The van der Waals surface area contributed by atoms with Gasteiger partial charge in [-0.2, -0.15) is 4.98 Å². The van der Waals surface area contributed by atoms with Gasteiger partial charge in [-0.3, -0.25) is 9.69 Å². The van der Waals surface area contributed by atoms with E-state index in [0.29, 0.717) is 31.6 Å². The summed E-state index contributed by atoms with van der Waals surface area (Å²) >= 11 is 1.65. The standard InChI is InChI=1S/C16H23N5O2S/c1-12-19-15(20-23-12)11-21-6-2-4-13(10-21)17-9-16(22)18-8-14-5-3-7-24-14/h3,5,7,13,17H,2,4,6,8-11H2,1H3,(H,18,22). The van der Waals surface area contributed by atoms with Crippen LogP contribution in [0, 0.1) is 6.92 Å². The van der Waals surface area contributed by atoms with Crippen LogP contribution in [0.25, 0.3) is 0 Å². The fourth-order valence-corrected chi connectivity index (χ4v) is 3.51. The molecular formula is C16H23N5O2S. The van der Waals surface area contributed by atoms with Crippen molar-refractivity contribution in [3.63, 3.8) is 0 Å². The zero-order chi connectivity index (χ0) is 16.8. The minimum Gasteiger partial charge on any atom is -0.350 e. The van der Waals surface area contributed by atoms with Gasteiger partial charge in [0.25, 0.3) is 0 Å². The summed E-state index contributed by atoms with van der Waals surface area (Å²) in [4.78, 5) is 19.7. The van der Waals surface area contributed by atoms with Crippen LogP contribution in [0.1, 0.15) is 29.4 Å². The van der Waals surface area contributed by atoms with Gasteiger partial charge in [-0.05, 0) is 30.8 Å². The van der Waals surface area contributed by atoms with Crippen molar-refractivity contribution in [1.82, 2.24) is 25.7 Å². The van der Waals surface area contributed by atoms with Crippen LogP contribution in [0.4, 0.5) is 0 Å². The highest BCUT2D eigenvalue weighted by Crippen LogP contribution is 2.12. The van der Waals surface area contributed by atoms with Gasteiger partial charge >= 0.3 is 0 Å². The first-order valence-corrected chi connectivity index (χ1v) is 9.11. The van der Waals surface area contributed by atoms with Gasteiger partial charge in [0.2, 0.25) is 11.8 Å². The third-order valence-electron chi connectivity index (χ3n) is 4.03. The molecule has 0 radical (unpaired) electrons. The van der Waals surface area contributed by atoms with Crippen LogP contribution in [0.2, 0.25) is 0 Å². The molecule has 3 heterocycles. The van der Waals surface area contributed by atoms with Crippen molar-refractivity contribution in [3.8, 4) is 0 Å². The Bertz CT molecular complexity index is 643. The van der Waals surface area contributed by atoms with Crippen LogP contribution in [0.3, 0.4) is 0 Å². The van der Waals surface area contributed by atoms with E-state index in [4.69, 9.17) is 4.52 Å². The fraction of sp³-hybridized carbons (Fsp3) is 0.562. The average Bonchev–Trinajstić information content (AvgIpc) is 3.23. The minimum absolute atomic E-state index is 0.0364. The van der Waals surface area contributed by atoms with Crippen molar-refractivity contribution < 1.29 is 9.32 Å². The summed E-state index contributed by atoms with van der Waals surface area (Å²) < 4.78 is 5.01. The van der Waals surface area contributed by atoms with E-state index < -0.39 is 0 Å². The molecule has 0 saturated carbocycles. The predicted octanol–water partition coefficient (Wildman–Crippen LogP) is 1.31. The zero-order valence-electron chi connectivity index (χ0n) is 13.8. The van der Waals surface area contributed by atoms with Gasteiger partial charge in [-0.25, -0.2) is 0 Å². The molecule has 2 N–H and O–H groups in total. The average molecular weight is 349 g/mol. The van der Waals surface area contributed by atoms with Crippen LogP contribution in [-0.4, -0.2) is 46.6 Å². The van der Waals surface area contributed by atoms with Gasteiger partial charge in [0, 0.05) is 24.4 Å². The molecule has 24 heavy (non-hydrogen) atoms. The largest absolute Gasteiger partial charge is 0.350 e. The summed E-state index contributed by atoms with van der Waals surface area (Å²) in [6, 6.07) is 4.34. The molecule has 7 nitrogen and oxygen atoms in total. The van der Waals surface area contributed by atoms with Crippen LogP contribution in [-0.2, 0) is 17.9 Å². The number of hydrogen-bond donors (Lipinski definition) is 2. The molecule has 2 aromatic heterocycles. The lowest BCUT2D eigenvalue weighted by Gasteiger charge is -2.32. The van der Waals surface area contributed by atoms with E-state index in [-0.39, 0.29) is 5.91 Å². The number of aromatic nitrogens is 2. The monoisotopic (exact) mass is 349 g/mol. The van der Waals surface area contributed by atoms with Gasteiger partial charge < -0.3 is 15.2 Å². The van der Waals surface area contributed by atoms with Crippen LogP contribution in [0.5, 0.6) is 0 Å². The number of rotatable bonds is 7. The van der Waals surface area contributed by atoms with Gasteiger partial charge in [-0.1, -0.05) is 11.2 Å². The van der Waals surface area contributed by atoms with Crippen LogP contribution in [0.15, 0.2) is 22.0 Å². The third kappa shape index (κ3) is 5.12. The smallest absolute Gasteiger partial charge is 0.234 e. The van der Waals surface area contributed by atoms with Gasteiger partial charge in [0.1, 0.15) is 0 Å². The Morgan fingerprint density at radius 1 is 1.54 bits per heavy atom. The number of piperidine rings is 1. The minimum atomic E-state index is 0.0364. The molecule has 1 atom stereocenters. The molecule has 2 aromatic rings. The van der Waals surface area contributed by atoms with Crippen molar-refractivity contribution in [2.45, 2.75) is 38.9 Å². The van der Waals surface area contributed by atoms with Gasteiger partial charge in [0.05, 0.1) is 19.6 Å². The summed E-state index contributed by atoms with van der Waals surface area (Å²) in [6.07, 6.45) is 2.19. The number of thiophene rings is 1. The summed E-state index contributed by atoms with van der Waals surface area (Å²) in [5.74, 6) is 1.36. The number of nitrogens with zero attached hydrogens (tertiary/aromatic N) is 3. The molecule has 0 aromatic carbocycles. The number of aryl methyl sites for hydroxylation is 1. The maximum absolute atomic E-state index is 11.9. The van der Waals surface area contributed by atoms with E-state index in [1.807, 2.05) is 17.5 Å². The molecule has 8 heteroatoms. The highest BCUT2D eigenvalue weighted by molar-refractivity contribution is 7.09. The van der Waals surface area contributed by atoms with Gasteiger partial charge in [0.15, 0.2) is 5.82 Å². The SMILES string of the molecule is Cc1nc(CN2CCCC(NCC(=O)NCc3cccs3)C2)no1. The number of hydrogen-bond acceptors (Lipinski definition) is 7. The Morgan fingerprint density at radius 2 is 2.46 bits per heavy atom. The summed E-state index contributed by atoms with van der Waals surface area (Å²) in [6.45, 7) is 5.37. The lowest BCUT2D eigenvalue weighted by molar-refractivity contribution is -0.120. The molecule has 0 aliphatic carbocycles. The quantitative estimate of drug-likeness (QED) is 0.784. The molecule has 0 spiro atoms. The molecule has 0 bridgehead atoms. The molecule has 1 amide bonds. The maximum atomic E-state index is 11.9. The first-order valence-electron chi connectivity index (χ1n) is 8.23. The number of carbonyl (C=O) groups is 1.